The molecule has 3 aromatic carbocycles. The number of piperazine rings is 1. The van der Waals surface area contributed by atoms with Crippen LogP contribution >= 0.6 is 0 Å². The molecule has 0 atom stereocenters. The minimum atomic E-state index is 0.185. The number of hydrogen-bond acceptors (Lipinski definition) is 12. The standard InChI is InChI=1S/C23H32N4.2C23H31N3O/c1-16-25-20(15-21(26-16)27-12-10-24-11-13-27)17-6-7-18-19(14-17)23(4,5)9-8-22(18,2)3;1-22(2)10-11-23(3,4)19-15-16(5-6-18(19)22)21-25-14-9-20(26-21)27-17-7-12-24-13-8-17;1-22(2)10-11-23(3,4)19-15-16(5-6-18(19)22)20-9-14-25-21(26-20)27-17-7-12-24-13-8-17/h6-7,14-15,24H,8-13H2,1-5H3;2*5-6,9,14-15,17,24H,7-8,10-13H2,1-4H3. The molecule has 3 saturated heterocycles. The summed E-state index contributed by atoms with van der Waals surface area (Å²) < 4.78 is 12.2. The Labute approximate surface area is 485 Å². The highest BCUT2D eigenvalue weighted by Gasteiger charge is 2.40. The highest BCUT2D eigenvalue weighted by atomic mass is 16.5. The monoisotopic (exact) mass is 1090 g/mol. The van der Waals surface area contributed by atoms with Crippen LogP contribution in [0.3, 0.4) is 0 Å². The summed E-state index contributed by atoms with van der Waals surface area (Å²) >= 11 is 0. The lowest BCUT2D eigenvalue weighted by Crippen LogP contribution is -2.44. The first kappa shape index (κ1) is 58.4. The van der Waals surface area contributed by atoms with Crippen molar-refractivity contribution in [3.63, 3.8) is 0 Å². The number of nitrogens with one attached hydrogen (secondary N) is 3. The summed E-state index contributed by atoms with van der Waals surface area (Å²) in [5.41, 5.74) is 15.5. The van der Waals surface area contributed by atoms with Crippen LogP contribution in [0.2, 0.25) is 0 Å². The van der Waals surface area contributed by atoms with Gasteiger partial charge in [0.15, 0.2) is 5.82 Å². The fourth-order valence-corrected chi connectivity index (χ4v) is 13.2. The molecule has 0 spiro atoms. The van der Waals surface area contributed by atoms with Gasteiger partial charge in [-0.05, 0) is 187 Å². The molecule has 0 radical (unpaired) electrons. The Morgan fingerprint density at radius 1 is 0.420 bits per heavy atom. The van der Waals surface area contributed by atoms with Crippen molar-refractivity contribution in [3.05, 3.63) is 124 Å². The number of nitrogens with zero attached hydrogens (tertiary/aromatic N) is 7. The Morgan fingerprint density at radius 3 is 1.37 bits per heavy atom. The molecule has 6 heterocycles. The van der Waals surface area contributed by atoms with Crippen molar-refractivity contribution < 1.29 is 9.47 Å². The van der Waals surface area contributed by atoms with Crippen LogP contribution in [0.15, 0.2) is 85.2 Å². The van der Waals surface area contributed by atoms with Crippen LogP contribution in [0.5, 0.6) is 11.9 Å². The van der Waals surface area contributed by atoms with E-state index in [9.17, 15) is 0 Å². The molecule has 3 fully saturated rings. The van der Waals surface area contributed by atoms with Gasteiger partial charge in [-0.25, -0.2) is 19.9 Å². The van der Waals surface area contributed by atoms with Crippen LogP contribution in [0, 0.1) is 6.92 Å². The molecule has 6 aliphatic rings. The molecule has 12 rings (SSSR count). The van der Waals surface area contributed by atoms with Crippen LogP contribution in [-0.4, -0.2) is 94.5 Å². The average molecular weight is 1100 g/mol. The van der Waals surface area contributed by atoms with Gasteiger partial charge >= 0.3 is 6.01 Å². The highest BCUT2D eigenvalue weighted by Crippen LogP contribution is 2.49. The Balaban J connectivity index is 0.000000136. The van der Waals surface area contributed by atoms with Gasteiger partial charge in [-0.3, -0.25) is 0 Å². The van der Waals surface area contributed by atoms with Gasteiger partial charge in [-0.1, -0.05) is 119 Å². The normalized spacial score (nSPS) is 21.3. The Bertz CT molecular complexity index is 3020. The van der Waals surface area contributed by atoms with Gasteiger partial charge in [0.05, 0.1) is 11.4 Å². The first-order valence-electron chi connectivity index (χ1n) is 30.6. The molecule has 3 aromatic heterocycles. The third-order valence-corrected chi connectivity index (χ3v) is 19.1. The van der Waals surface area contributed by atoms with E-state index in [1.165, 1.54) is 77.5 Å². The van der Waals surface area contributed by atoms with Crippen molar-refractivity contribution in [2.75, 3.05) is 57.3 Å². The Hall–Kier alpha value is -5.82. The van der Waals surface area contributed by atoms with E-state index >= 15 is 0 Å². The van der Waals surface area contributed by atoms with Crippen LogP contribution in [-0.2, 0) is 32.5 Å². The summed E-state index contributed by atoms with van der Waals surface area (Å²) in [6.45, 7) is 38.4. The van der Waals surface area contributed by atoms with Gasteiger partial charge in [0.25, 0.3) is 0 Å². The lowest BCUT2D eigenvalue weighted by atomic mass is 9.63. The molecule has 0 bridgehead atoms. The quantitative estimate of drug-likeness (QED) is 0.134. The number of ether oxygens (including phenoxy) is 2. The lowest BCUT2D eigenvalue weighted by molar-refractivity contribution is 0.149. The maximum absolute atomic E-state index is 6.11. The first-order chi connectivity index (χ1) is 38.5. The van der Waals surface area contributed by atoms with Gasteiger partial charge in [-0.2, -0.15) is 9.97 Å². The number of fused-ring (bicyclic) bond motifs is 3. The number of piperidine rings is 2. The van der Waals surface area contributed by atoms with Gasteiger partial charge in [0.1, 0.15) is 23.9 Å². The molecule has 432 valence electrons. The first-order valence-corrected chi connectivity index (χ1v) is 30.6. The second kappa shape index (κ2) is 23.4. The zero-order valence-corrected chi connectivity index (χ0v) is 51.4. The number of aryl methyl sites for hydroxylation is 1. The fourth-order valence-electron chi connectivity index (χ4n) is 13.2. The van der Waals surface area contributed by atoms with E-state index in [-0.39, 0.29) is 44.7 Å². The molecule has 81 heavy (non-hydrogen) atoms. The maximum atomic E-state index is 6.11. The summed E-state index contributed by atoms with van der Waals surface area (Å²) in [7, 11) is 0. The van der Waals surface area contributed by atoms with Crippen molar-refractivity contribution in [1.29, 1.82) is 0 Å². The molecule has 3 aliphatic heterocycles. The molecular formula is C69H94N10O2. The lowest BCUT2D eigenvalue weighted by Gasteiger charge is -2.42. The van der Waals surface area contributed by atoms with Gasteiger partial charge < -0.3 is 30.3 Å². The summed E-state index contributed by atoms with van der Waals surface area (Å²) in [5.74, 6) is 3.34. The van der Waals surface area contributed by atoms with Gasteiger partial charge in [0, 0.05) is 67.4 Å². The molecule has 12 heteroatoms. The SMILES string of the molecule is CC1(C)CCC(C)(C)c2cc(-c3ccnc(OC4CCNCC4)n3)ccc21.CC1(C)CCC(C)(C)c2cc(-c3nccc(OC4CCNCC4)n3)ccc21.Cc1nc(-c2ccc3c(c2)C(C)(C)CCC3(C)C)cc(N2CCNCC2)n1. The summed E-state index contributed by atoms with van der Waals surface area (Å²) in [5, 5.41) is 10.1. The van der Waals surface area contributed by atoms with E-state index in [0.717, 1.165) is 118 Å². The van der Waals surface area contributed by atoms with Gasteiger partial charge in [-0.15, -0.1) is 0 Å². The van der Waals surface area contributed by atoms with E-state index in [1.54, 1.807) is 0 Å². The molecule has 12 nitrogen and oxygen atoms in total. The second-order valence-electron chi connectivity index (χ2n) is 28.1. The zero-order chi connectivity index (χ0) is 57.4. The van der Waals surface area contributed by atoms with Crippen molar-refractivity contribution in [2.45, 2.75) is 199 Å². The number of anilines is 1. The molecule has 0 saturated carbocycles. The molecule has 0 unspecified atom stereocenters. The van der Waals surface area contributed by atoms with E-state index in [2.05, 4.69) is 175 Å². The molecular weight excluding hydrogens is 1000 g/mol. The zero-order valence-electron chi connectivity index (χ0n) is 51.4. The minimum Gasteiger partial charge on any atom is -0.474 e. The number of hydrogen-bond donors (Lipinski definition) is 3. The van der Waals surface area contributed by atoms with E-state index in [4.69, 9.17) is 29.4 Å². The molecule has 3 N–H and O–H groups in total. The predicted molar refractivity (Wildman–Crippen MR) is 331 cm³/mol. The smallest absolute Gasteiger partial charge is 0.317 e. The molecule has 3 aliphatic carbocycles. The van der Waals surface area contributed by atoms with Crippen LogP contribution in [0.25, 0.3) is 33.9 Å². The Kier molecular flexibility index (Phi) is 16.9. The number of rotatable bonds is 8. The van der Waals surface area contributed by atoms with Crippen molar-refractivity contribution in [3.8, 4) is 45.8 Å². The number of benzene rings is 3. The van der Waals surface area contributed by atoms with Crippen LogP contribution < -0.4 is 30.3 Å². The van der Waals surface area contributed by atoms with E-state index in [1.807, 2.05) is 31.5 Å². The predicted octanol–water partition coefficient (Wildman–Crippen LogP) is 13.5. The van der Waals surface area contributed by atoms with E-state index < -0.39 is 0 Å². The average Bonchev–Trinajstić information content (AvgIpc) is 3.47. The molecule has 6 aromatic rings. The highest BCUT2D eigenvalue weighted by molar-refractivity contribution is 5.67. The minimum absolute atomic E-state index is 0.185. The topological polar surface area (TPSA) is 135 Å². The third-order valence-electron chi connectivity index (χ3n) is 19.1. The maximum Gasteiger partial charge on any atom is 0.317 e. The third kappa shape index (κ3) is 13.3. The van der Waals surface area contributed by atoms with Crippen LogP contribution in [0.4, 0.5) is 5.82 Å². The van der Waals surface area contributed by atoms with Crippen molar-refractivity contribution in [2.24, 2.45) is 0 Å². The Morgan fingerprint density at radius 2 is 0.852 bits per heavy atom. The van der Waals surface area contributed by atoms with Gasteiger partial charge in [0.2, 0.25) is 5.88 Å². The summed E-state index contributed by atoms with van der Waals surface area (Å²) in [4.78, 5) is 30.2. The summed E-state index contributed by atoms with van der Waals surface area (Å²) in [6.07, 6.45) is 15.5. The summed E-state index contributed by atoms with van der Waals surface area (Å²) in [6, 6.07) is 27.1. The largest absolute Gasteiger partial charge is 0.474 e. The fraction of sp³-hybridized carbons (Fsp3) is 0.565. The van der Waals surface area contributed by atoms with Crippen molar-refractivity contribution in [1.82, 2.24) is 45.9 Å². The van der Waals surface area contributed by atoms with E-state index in [0.29, 0.717) is 11.9 Å². The van der Waals surface area contributed by atoms with Crippen LogP contribution in [0.1, 0.15) is 186 Å². The molecule has 0 amide bonds. The van der Waals surface area contributed by atoms with Crippen molar-refractivity contribution >= 4 is 5.82 Å². The number of aromatic nitrogens is 6. The second-order valence-corrected chi connectivity index (χ2v) is 28.1.